The number of halogens is 4. The van der Waals surface area contributed by atoms with E-state index in [1.54, 1.807) is 12.1 Å². The molecule has 0 saturated carbocycles. The highest BCUT2D eigenvalue weighted by Crippen LogP contribution is 2.37. The molecule has 1 nitrogen and oxygen atoms in total. The molecule has 2 rings (SSSR count). The van der Waals surface area contributed by atoms with Gasteiger partial charge in [0.15, 0.2) is 0 Å². The highest BCUT2D eigenvalue weighted by Gasteiger charge is 2.16. The molecule has 0 N–H and O–H groups in total. The quantitative estimate of drug-likeness (QED) is 0.502. The van der Waals surface area contributed by atoms with Crippen LogP contribution in [0.2, 0.25) is 10.0 Å². The molecule has 2 aromatic rings. The standard InChI is InChI=1S/C16H14BrCl3O/c1-2-21-16-9-14(19)12(8-15(16)20)13(18)7-10-3-5-11(17)6-4-10/h3-6,8-9,13H,2,7H2,1H3. The van der Waals surface area contributed by atoms with Crippen molar-refractivity contribution >= 4 is 50.7 Å². The van der Waals surface area contributed by atoms with Crippen LogP contribution >= 0.6 is 50.7 Å². The highest BCUT2D eigenvalue weighted by molar-refractivity contribution is 9.10. The van der Waals surface area contributed by atoms with Crippen molar-refractivity contribution in [1.82, 2.24) is 0 Å². The highest BCUT2D eigenvalue weighted by atomic mass is 79.9. The lowest BCUT2D eigenvalue weighted by atomic mass is 10.0. The van der Waals surface area contributed by atoms with E-state index < -0.39 is 0 Å². The third-order valence-electron chi connectivity index (χ3n) is 3.02. The van der Waals surface area contributed by atoms with Crippen LogP contribution in [-0.4, -0.2) is 6.61 Å². The maximum atomic E-state index is 6.49. The van der Waals surface area contributed by atoms with Gasteiger partial charge in [-0.05, 0) is 42.7 Å². The van der Waals surface area contributed by atoms with E-state index in [-0.39, 0.29) is 5.38 Å². The first-order valence-corrected chi connectivity index (χ1v) is 8.50. The predicted molar refractivity (Wildman–Crippen MR) is 94.1 cm³/mol. The molecule has 0 radical (unpaired) electrons. The number of rotatable bonds is 5. The molecule has 21 heavy (non-hydrogen) atoms. The van der Waals surface area contributed by atoms with E-state index in [1.165, 1.54) is 0 Å². The Morgan fingerprint density at radius 3 is 2.38 bits per heavy atom. The molecular formula is C16H14BrCl3O. The van der Waals surface area contributed by atoms with Crippen LogP contribution in [-0.2, 0) is 6.42 Å². The van der Waals surface area contributed by atoms with Crippen LogP contribution in [0.4, 0.5) is 0 Å². The van der Waals surface area contributed by atoms with Crippen LogP contribution in [0.1, 0.15) is 23.4 Å². The van der Waals surface area contributed by atoms with Gasteiger partial charge in [0.2, 0.25) is 0 Å². The third kappa shape index (κ3) is 4.53. The first-order chi connectivity index (χ1) is 10.0. The smallest absolute Gasteiger partial charge is 0.139 e. The van der Waals surface area contributed by atoms with E-state index in [2.05, 4.69) is 15.9 Å². The number of benzene rings is 2. The zero-order valence-electron chi connectivity index (χ0n) is 11.4. The maximum absolute atomic E-state index is 6.49. The lowest BCUT2D eigenvalue weighted by Gasteiger charge is -2.15. The second kappa shape index (κ2) is 7.73. The minimum atomic E-state index is -0.244. The van der Waals surface area contributed by atoms with E-state index in [0.717, 1.165) is 15.6 Å². The van der Waals surface area contributed by atoms with E-state index in [9.17, 15) is 0 Å². The van der Waals surface area contributed by atoms with Crippen LogP contribution in [0.15, 0.2) is 40.9 Å². The number of hydrogen-bond acceptors (Lipinski definition) is 1. The summed E-state index contributed by atoms with van der Waals surface area (Å²) in [6, 6.07) is 11.6. The Kier molecular flexibility index (Phi) is 6.24. The molecule has 2 aromatic carbocycles. The summed E-state index contributed by atoms with van der Waals surface area (Å²) in [6.45, 7) is 2.44. The largest absolute Gasteiger partial charge is 0.492 e. The van der Waals surface area contributed by atoms with Gasteiger partial charge in [-0.3, -0.25) is 0 Å². The minimum Gasteiger partial charge on any atom is -0.492 e. The Hall–Kier alpha value is -0.410. The molecule has 0 amide bonds. The lowest BCUT2D eigenvalue weighted by Crippen LogP contribution is -1.99. The monoisotopic (exact) mass is 406 g/mol. The van der Waals surface area contributed by atoms with Gasteiger partial charge in [-0.2, -0.15) is 0 Å². The van der Waals surface area contributed by atoms with Crippen molar-refractivity contribution in [2.75, 3.05) is 6.61 Å². The van der Waals surface area contributed by atoms with Gasteiger partial charge in [-0.15, -0.1) is 11.6 Å². The Morgan fingerprint density at radius 2 is 1.76 bits per heavy atom. The Bertz CT molecular complexity index is 614. The average Bonchev–Trinajstić information content (AvgIpc) is 2.45. The predicted octanol–water partition coefficient (Wildman–Crippen LogP) is 6.68. The summed E-state index contributed by atoms with van der Waals surface area (Å²) in [5.41, 5.74) is 1.95. The summed E-state index contributed by atoms with van der Waals surface area (Å²) in [5, 5.41) is 0.851. The summed E-state index contributed by atoms with van der Waals surface area (Å²) < 4.78 is 6.46. The fourth-order valence-electron chi connectivity index (χ4n) is 1.99. The van der Waals surface area contributed by atoms with E-state index in [1.807, 2.05) is 31.2 Å². The molecule has 0 heterocycles. The molecule has 1 atom stereocenters. The van der Waals surface area contributed by atoms with Gasteiger partial charge in [0.25, 0.3) is 0 Å². The fraction of sp³-hybridized carbons (Fsp3) is 0.250. The SMILES string of the molecule is CCOc1cc(Cl)c(C(Cl)Cc2ccc(Br)cc2)cc1Cl. The summed E-state index contributed by atoms with van der Waals surface area (Å²) in [7, 11) is 0. The summed E-state index contributed by atoms with van der Waals surface area (Å²) >= 11 is 22.4. The van der Waals surface area contributed by atoms with Crippen molar-refractivity contribution in [2.24, 2.45) is 0 Å². The topological polar surface area (TPSA) is 9.23 Å². The van der Waals surface area contributed by atoms with Crippen molar-refractivity contribution in [2.45, 2.75) is 18.7 Å². The van der Waals surface area contributed by atoms with E-state index >= 15 is 0 Å². The summed E-state index contributed by atoms with van der Waals surface area (Å²) in [6.07, 6.45) is 0.679. The van der Waals surface area contributed by atoms with Gasteiger partial charge in [-0.1, -0.05) is 51.3 Å². The zero-order chi connectivity index (χ0) is 15.4. The summed E-state index contributed by atoms with van der Waals surface area (Å²) in [4.78, 5) is 0. The van der Waals surface area contributed by atoms with Crippen LogP contribution in [0.5, 0.6) is 5.75 Å². The van der Waals surface area contributed by atoms with Crippen LogP contribution in [0.3, 0.4) is 0 Å². The van der Waals surface area contributed by atoms with Crippen molar-refractivity contribution in [3.63, 3.8) is 0 Å². The van der Waals surface area contributed by atoms with Gasteiger partial charge in [-0.25, -0.2) is 0 Å². The minimum absolute atomic E-state index is 0.244. The molecule has 112 valence electrons. The van der Waals surface area contributed by atoms with Crippen molar-refractivity contribution in [3.05, 3.63) is 62.0 Å². The molecule has 0 aliphatic carbocycles. The average molecular weight is 409 g/mol. The number of ether oxygens (including phenoxy) is 1. The third-order valence-corrected chi connectivity index (χ3v) is 4.56. The van der Waals surface area contributed by atoms with E-state index in [0.29, 0.717) is 28.8 Å². The van der Waals surface area contributed by atoms with Gasteiger partial charge < -0.3 is 4.74 Å². The van der Waals surface area contributed by atoms with Crippen LogP contribution in [0.25, 0.3) is 0 Å². The van der Waals surface area contributed by atoms with Crippen molar-refractivity contribution in [3.8, 4) is 5.75 Å². The van der Waals surface area contributed by atoms with Gasteiger partial charge >= 0.3 is 0 Å². The van der Waals surface area contributed by atoms with E-state index in [4.69, 9.17) is 39.5 Å². The number of hydrogen-bond donors (Lipinski definition) is 0. The summed E-state index contributed by atoms with van der Waals surface area (Å²) in [5.74, 6) is 0.584. The number of alkyl halides is 1. The Morgan fingerprint density at radius 1 is 1.10 bits per heavy atom. The van der Waals surface area contributed by atoms with Crippen LogP contribution in [0, 0.1) is 0 Å². The Labute approximate surface area is 148 Å². The van der Waals surface area contributed by atoms with Crippen LogP contribution < -0.4 is 4.74 Å². The molecule has 0 aromatic heterocycles. The molecule has 0 fully saturated rings. The molecule has 0 aliphatic rings. The molecular weight excluding hydrogens is 394 g/mol. The molecule has 0 spiro atoms. The van der Waals surface area contributed by atoms with Crippen molar-refractivity contribution < 1.29 is 4.74 Å². The second-order valence-corrected chi connectivity index (χ2v) is 6.79. The molecule has 0 bridgehead atoms. The Balaban J connectivity index is 2.20. The molecule has 5 heteroatoms. The molecule has 1 unspecified atom stereocenters. The fourth-order valence-corrected chi connectivity index (χ4v) is 3.18. The van der Waals surface area contributed by atoms with Gasteiger partial charge in [0, 0.05) is 15.6 Å². The molecule has 0 saturated heterocycles. The molecule has 0 aliphatic heterocycles. The van der Waals surface area contributed by atoms with Gasteiger partial charge in [0.1, 0.15) is 5.75 Å². The first-order valence-electron chi connectivity index (χ1n) is 6.51. The first kappa shape index (κ1) is 17.0. The van der Waals surface area contributed by atoms with Crippen molar-refractivity contribution in [1.29, 1.82) is 0 Å². The van der Waals surface area contributed by atoms with Gasteiger partial charge in [0.05, 0.1) is 17.0 Å². The maximum Gasteiger partial charge on any atom is 0.139 e. The normalized spacial score (nSPS) is 12.2. The zero-order valence-corrected chi connectivity index (χ0v) is 15.2. The lowest BCUT2D eigenvalue weighted by molar-refractivity contribution is 0.340. The second-order valence-electron chi connectivity index (χ2n) is 4.54.